The molecule has 0 aliphatic heterocycles. The van der Waals surface area contributed by atoms with Crippen LogP contribution >= 0.6 is 0 Å². The Hall–Kier alpha value is -1.77. The molecular formula is C13H17NO2. The molecule has 0 N–H and O–H groups in total. The molecule has 0 aliphatic carbocycles. The number of nitrogens with zero attached hydrogens (tertiary/aromatic N) is 1. The molecule has 3 heteroatoms. The summed E-state index contributed by atoms with van der Waals surface area (Å²) >= 11 is 0. The molecular weight excluding hydrogens is 202 g/mol. The summed E-state index contributed by atoms with van der Waals surface area (Å²) in [6, 6.07) is 9.71. The first-order chi connectivity index (χ1) is 7.77. The lowest BCUT2D eigenvalue weighted by Gasteiger charge is -2.16. The number of ether oxygens (including phenoxy) is 1. The van der Waals surface area contributed by atoms with Crippen LogP contribution in [0.5, 0.6) is 0 Å². The van der Waals surface area contributed by atoms with Crippen molar-refractivity contribution in [3.8, 4) is 0 Å². The van der Waals surface area contributed by atoms with Crippen LogP contribution in [0.4, 0.5) is 4.79 Å². The average Bonchev–Trinajstić information content (AvgIpc) is 2.32. The van der Waals surface area contributed by atoms with E-state index in [4.69, 9.17) is 4.74 Å². The molecule has 0 unspecified atom stereocenters. The van der Waals surface area contributed by atoms with Gasteiger partial charge in [-0.15, -0.1) is 0 Å². The third kappa shape index (κ3) is 3.77. The molecule has 0 spiro atoms. The fourth-order valence-corrected chi connectivity index (χ4v) is 1.29. The van der Waals surface area contributed by atoms with Gasteiger partial charge in [-0.05, 0) is 25.5 Å². The molecule has 1 aromatic carbocycles. The van der Waals surface area contributed by atoms with Gasteiger partial charge in [0.05, 0.1) is 6.26 Å². The van der Waals surface area contributed by atoms with E-state index in [-0.39, 0.29) is 6.09 Å². The molecule has 1 amide bonds. The van der Waals surface area contributed by atoms with Crippen LogP contribution in [0.25, 0.3) is 6.08 Å². The van der Waals surface area contributed by atoms with Crippen molar-refractivity contribution in [1.82, 2.24) is 4.90 Å². The average molecular weight is 219 g/mol. The summed E-state index contributed by atoms with van der Waals surface area (Å²) in [5, 5.41) is 0. The SMILES string of the molecule is CCN(CC)C(=O)OC=Cc1ccccc1. The van der Waals surface area contributed by atoms with Gasteiger partial charge in [0.25, 0.3) is 0 Å². The third-order valence-corrected chi connectivity index (χ3v) is 2.25. The van der Waals surface area contributed by atoms with Gasteiger partial charge in [0.1, 0.15) is 0 Å². The van der Waals surface area contributed by atoms with Crippen molar-refractivity contribution >= 4 is 12.2 Å². The minimum atomic E-state index is -0.308. The fraction of sp³-hybridized carbons (Fsp3) is 0.308. The van der Waals surface area contributed by atoms with Crippen molar-refractivity contribution in [1.29, 1.82) is 0 Å². The monoisotopic (exact) mass is 219 g/mol. The lowest BCUT2D eigenvalue weighted by molar-refractivity contribution is 0.142. The molecule has 0 saturated carbocycles. The number of benzene rings is 1. The smallest absolute Gasteiger partial charge is 0.414 e. The predicted octanol–water partition coefficient (Wildman–Crippen LogP) is 3.14. The standard InChI is InChI=1S/C13H17NO2/c1-3-14(4-2)13(15)16-11-10-12-8-6-5-7-9-12/h5-11H,3-4H2,1-2H3. The lowest BCUT2D eigenvalue weighted by Crippen LogP contribution is -2.29. The highest BCUT2D eigenvalue weighted by Gasteiger charge is 2.08. The van der Waals surface area contributed by atoms with Crippen molar-refractivity contribution in [2.75, 3.05) is 13.1 Å². The Morgan fingerprint density at radius 2 is 1.88 bits per heavy atom. The maximum atomic E-state index is 11.4. The number of hydrogen-bond acceptors (Lipinski definition) is 2. The van der Waals surface area contributed by atoms with E-state index in [1.807, 2.05) is 44.2 Å². The van der Waals surface area contributed by atoms with Gasteiger partial charge in [-0.25, -0.2) is 4.79 Å². The van der Waals surface area contributed by atoms with Crippen LogP contribution in [-0.4, -0.2) is 24.1 Å². The summed E-state index contributed by atoms with van der Waals surface area (Å²) in [7, 11) is 0. The molecule has 0 bridgehead atoms. The van der Waals surface area contributed by atoms with Crippen LogP contribution in [0.1, 0.15) is 19.4 Å². The van der Waals surface area contributed by atoms with Gasteiger partial charge in [-0.2, -0.15) is 0 Å². The molecule has 1 rings (SSSR count). The van der Waals surface area contributed by atoms with E-state index >= 15 is 0 Å². The second-order valence-electron chi connectivity index (χ2n) is 3.27. The highest BCUT2D eigenvalue weighted by Crippen LogP contribution is 2.02. The molecule has 0 radical (unpaired) electrons. The quantitative estimate of drug-likeness (QED) is 0.728. The second-order valence-corrected chi connectivity index (χ2v) is 3.27. The van der Waals surface area contributed by atoms with Crippen LogP contribution in [0.3, 0.4) is 0 Å². The zero-order chi connectivity index (χ0) is 11.8. The third-order valence-electron chi connectivity index (χ3n) is 2.25. The Labute approximate surface area is 96.3 Å². The van der Waals surface area contributed by atoms with Gasteiger partial charge in [-0.3, -0.25) is 0 Å². The Morgan fingerprint density at radius 3 is 2.44 bits per heavy atom. The van der Waals surface area contributed by atoms with Crippen molar-refractivity contribution < 1.29 is 9.53 Å². The first kappa shape index (κ1) is 12.3. The minimum absolute atomic E-state index is 0.308. The van der Waals surface area contributed by atoms with Crippen molar-refractivity contribution in [2.45, 2.75) is 13.8 Å². The first-order valence-corrected chi connectivity index (χ1v) is 5.45. The van der Waals surface area contributed by atoms with E-state index in [0.717, 1.165) is 5.56 Å². The fourth-order valence-electron chi connectivity index (χ4n) is 1.29. The Bertz CT molecular complexity index is 342. The van der Waals surface area contributed by atoms with Crippen LogP contribution in [-0.2, 0) is 4.74 Å². The van der Waals surface area contributed by atoms with Crippen LogP contribution in [0.15, 0.2) is 36.6 Å². The van der Waals surface area contributed by atoms with Gasteiger partial charge in [-0.1, -0.05) is 30.3 Å². The second kappa shape index (κ2) is 6.67. The van der Waals surface area contributed by atoms with Crippen LogP contribution < -0.4 is 0 Å². The maximum absolute atomic E-state index is 11.4. The maximum Gasteiger partial charge on any atom is 0.414 e. The Balaban J connectivity index is 2.45. The van der Waals surface area contributed by atoms with Gasteiger partial charge < -0.3 is 9.64 Å². The van der Waals surface area contributed by atoms with Crippen molar-refractivity contribution in [3.63, 3.8) is 0 Å². The van der Waals surface area contributed by atoms with Gasteiger partial charge in [0.2, 0.25) is 0 Å². The summed E-state index contributed by atoms with van der Waals surface area (Å²) in [5.41, 5.74) is 1.01. The topological polar surface area (TPSA) is 29.5 Å². The first-order valence-electron chi connectivity index (χ1n) is 5.45. The number of hydrogen-bond donors (Lipinski definition) is 0. The number of amides is 1. The molecule has 3 nitrogen and oxygen atoms in total. The molecule has 0 heterocycles. The van der Waals surface area contributed by atoms with E-state index in [2.05, 4.69) is 0 Å². The van der Waals surface area contributed by atoms with E-state index < -0.39 is 0 Å². The van der Waals surface area contributed by atoms with Crippen LogP contribution in [0.2, 0.25) is 0 Å². The molecule has 0 atom stereocenters. The Morgan fingerprint density at radius 1 is 1.25 bits per heavy atom. The number of carbonyl (C=O) groups excluding carboxylic acids is 1. The molecule has 0 aromatic heterocycles. The lowest BCUT2D eigenvalue weighted by atomic mass is 10.2. The van der Waals surface area contributed by atoms with Crippen molar-refractivity contribution in [3.05, 3.63) is 42.2 Å². The predicted molar refractivity (Wildman–Crippen MR) is 64.9 cm³/mol. The van der Waals surface area contributed by atoms with E-state index in [1.54, 1.807) is 11.0 Å². The van der Waals surface area contributed by atoms with Gasteiger partial charge in [0.15, 0.2) is 0 Å². The van der Waals surface area contributed by atoms with E-state index in [9.17, 15) is 4.79 Å². The normalized spacial score (nSPS) is 10.4. The van der Waals surface area contributed by atoms with E-state index in [1.165, 1.54) is 6.26 Å². The molecule has 0 saturated heterocycles. The molecule has 86 valence electrons. The molecule has 0 aliphatic rings. The molecule has 0 fully saturated rings. The minimum Gasteiger partial charge on any atom is -0.418 e. The van der Waals surface area contributed by atoms with E-state index in [0.29, 0.717) is 13.1 Å². The number of carbonyl (C=O) groups is 1. The summed E-state index contributed by atoms with van der Waals surface area (Å²) < 4.78 is 5.00. The zero-order valence-electron chi connectivity index (χ0n) is 9.72. The van der Waals surface area contributed by atoms with Crippen LogP contribution in [0, 0.1) is 0 Å². The summed E-state index contributed by atoms with van der Waals surface area (Å²) in [6.07, 6.45) is 2.88. The largest absolute Gasteiger partial charge is 0.418 e. The molecule has 16 heavy (non-hydrogen) atoms. The molecule has 1 aromatic rings. The number of rotatable bonds is 4. The zero-order valence-corrected chi connectivity index (χ0v) is 9.72. The van der Waals surface area contributed by atoms with Gasteiger partial charge >= 0.3 is 6.09 Å². The Kier molecular flexibility index (Phi) is 5.12. The highest BCUT2D eigenvalue weighted by atomic mass is 16.5. The summed E-state index contributed by atoms with van der Waals surface area (Å²) in [6.45, 7) is 5.17. The van der Waals surface area contributed by atoms with Gasteiger partial charge in [0, 0.05) is 13.1 Å². The summed E-state index contributed by atoms with van der Waals surface area (Å²) in [5.74, 6) is 0. The highest BCUT2D eigenvalue weighted by molar-refractivity contribution is 5.69. The summed E-state index contributed by atoms with van der Waals surface area (Å²) in [4.78, 5) is 13.1. The van der Waals surface area contributed by atoms with Crippen molar-refractivity contribution in [2.24, 2.45) is 0 Å².